The van der Waals surface area contributed by atoms with Crippen molar-refractivity contribution < 1.29 is 9.18 Å². The minimum Gasteiger partial charge on any atom is -0.319 e. The topological polar surface area (TPSA) is 29.1 Å². The van der Waals surface area contributed by atoms with Crippen molar-refractivity contribution in [2.75, 3.05) is 5.32 Å². The Morgan fingerprint density at radius 3 is 2.58 bits per heavy atom. The lowest BCUT2D eigenvalue weighted by Gasteiger charge is -2.11. The average Bonchev–Trinajstić information content (AvgIpc) is 2.37. The van der Waals surface area contributed by atoms with Crippen molar-refractivity contribution >= 4 is 24.2 Å². The Labute approximate surface area is 117 Å². The van der Waals surface area contributed by atoms with Crippen molar-refractivity contribution in [3.8, 4) is 0 Å². The first-order chi connectivity index (χ1) is 8.99. The summed E-state index contributed by atoms with van der Waals surface area (Å²) in [5, 5.41) is 2.61. The van der Waals surface area contributed by atoms with Crippen LogP contribution >= 0.6 is 12.6 Å². The highest BCUT2D eigenvalue weighted by molar-refractivity contribution is 7.80. The van der Waals surface area contributed by atoms with Gasteiger partial charge in [0, 0.05) is 10.5 Å². The van der Waals surface area contributed by atoms with E-state index in [1.807, 2.05) is 19.1 Å². The molecule has 19 heavy (non-hydrogen) atoms. The minimum atomic E-state index is -0.437. The van der Waals surface area contributed by atoms with E-state index in [4.69, 9.17) is 0 Å². The average molecular weight is 275 g/mol. The molecular formula is C15H14FNOS. The zero-order chi connectivity index (χ0) is 14.0. The van der Waals surface area contributed by atoms with Gasteiger partial charge in [-0.25, -0.2) is 4.39 Å². The van der Waals surface area contributed by atoms with Crippen LogP contribution in [0, 0.1) is 19.7 Å². The summed E-state index contributed by atoms with van der Waals surface area (Å²) >= 11 is 4.21. The van der Waals surface area contributed by atoms with Crippen LogP contribution in [-0.2, 0) is 0 Å². The minimum absolute atomic E-state index is 0.219. The Hall–Kier alpha value is -1.81. The predicted molar refractivity (Wildman–Crippen MR) is 77.5 cm³/mol. The fraction of sp³-hybridized carbons (Fsp3) is 0.133. The van der Waals surface area contributed by atoms with Gasteiger partial charge in [0.25, 0.3) is 5.91 Å². The van der Waals surface area contributed by atoms with Gasteiger partial charge in [0.05, 0.1) is 5.69 Å². The number of anilines is 1. The Kier molecular flexibility index (Phi) is 3.90. The molecule has 98 valence electrons. The van der Waals surface area contributed by atoms with E-state index in [0.717, 1.165) is 5.56 Å². The van der Waals surface area contributed by atoms with E-state index in [1.165, 1.54) is 6.07 Å². The molecule has 0 unspecified atom stereocenters. The van der Waals surface area contributed by atoms with Crippen LogP contribution in [0.3, 0.4) is 0 Å². The summed E-state index contributed by atoms with van der Waals surface area (Å²) < 4.78 is 13.7. The van der Waals surface area contributed by atoms with Crippen LogP contribution in [0.25, 0.3) is 0 Å². The van der Waals surface area contributed by atoms with Gasteiger partial charge in [-0.15, -0.1) is 12.6 Å². The first-order valence-electron chi connectivity index (χ1n) is 5.85. The quantitative estimate of drug-likeness (QED) is 0.797. The summed E-state index contributed by atoms with van der Waals surface area (Å²) in [6.07, 6.45) is 0. The Balaban J connectivity index is 2.34. The molecule has 1 amide bonds. The van der Waals surface area contributed by atoms with Crippen molar-refractivity contribution in [3.63, 3.8) is 0 Å². The number of carbonyl (C=O) groups excluding carboxylic acids is 1. The van der Waals surface area contributed by atoms with Gasteiger partial charge in [0.15, 0.2) is 0 Å². The Morgan fingerprint density at radius 2 is 1.89 bits per heavy atom. The molecule has 2 aromatic rings. The van der Waals surface area contributed by atoms with Crippen LogP contribution in [0.2, 0.25) is 0 Å². The molecule has 4 heteroatoms. The highest BCUT2D eigenvalue weighted by atomic mass is 32.1. The fourth-order valence-electron chi connectivity index (χ4n) is 1.83. The van der Waals surface area contributed by atoms with Crippen molar-refractivity contribution in [2.24, 2.45) is 0 Å². The van der Waals surface area contributed by atoms with Crippen LogP contribution in [-0.4, -0.2) is 5.91 Å². The molecule has 0 fully saturated rings. The number of rotatable bonds is 2. The van der Waals surface area contributed by atoms with Crippen molar-refractivity contribution in [3.05, 3.63) is 58.9 Å². The molecule has 2 aromatic carbocycles. The summed E-state index contributed by atoms with van der Waals surface area (Å²) in [5.41, 5.74) is 2.23. The molecular weight excluding hydrogens is 261 g/mol. The lowest BCUT2D eigenvalue weighted by Crippen LogP contribution is -2.15. The van der Waals surface area contributed by atoms with Crippen LogP contribution in [0.1, 0.15) is 21.5 Å². The van der Waals surface area contributed by atoms with E-state index in [1.54, 1.807) is 25.1 Å². The van der Waals surface area contributed by atoms with Gasteiger partial charge < -0.3 is 5.32 Å². The summed E-state index contributed by atoms with van der Waals surface area (Å²) in [4.78, 5) is 12.9. The van der Waals surface area contributed by atoms with E-state index < -0.39 is 5.82 Å². The van der Waals surface area contributed by atoms with Gasteiger partial charge in [0.2, 0.25) is 0 Å². The van der Waals surface area contributed by atoms with Crippen molar-refractivity contribution in [1.82, 2.24) is 0 Å². The van der Waals surface area contributed by atoms with E-state index in [0.29, 0.717) is 16.0 Å². The molecule has 0 radical (unpaired) electrons. The Morgan fingerprint density at radius 1 is 1.16 bits per heavy atom. The smallest absolute Gasteiger partial charge is 0.256 e. The molecule has 0 saturated carbocycles. The predicted octanol–water partition coefficient (Wildman–Crippen LogP) is 3.98. The number of hydrogen-bond acceptors (Lipinski definition) is 2. The van der Waals surface area contributed by atoms with Crippen LogP contribution in [0.15, 0.2) is 41.3 Å². The van der Waals surface area contributed by atoms with E-state index in [-0.39, 0.29) is 11.6 Å². The van der Waals surface area contributed by atoms with Gasteiger partial charge in [-0.1, -0.05) is 18.2 Å². The molecule has 0 aliphatic rings. The van der Waals surface area contributed by atoms with Crippen LogP contribution < -0.4 is 5.32 Å². The lowest BCUT2D eigenvalue weighted by molar-refractivity contribution is 0.102. The number of thiol groups is 1. The number of amides is 1. The van der Waals surface area contributed by atoms with Gasteiger partial charge in [-0.05, 0) is 43.2 Å². The van der Waals surface area contributed by atoms with Gasteiger partial charge in [-0.3, -0.25) is 4.79 Å². The third kappa shape index (κ3) is 2.96. The molecule has 0 saturated heterocycles. The molecule has 0 aliphatic carbocycles. The molecule has 1 N–H and O–H groups in total. The van der Waals surface area contributed by atoms with Gasteiger partial charge in [0.1, 0.15) is 5.82 Å². The SMILES string of the molecule is Cc1ccc(S)cc1C(=O)Nc1c(C)cccc1F. The summed E-state index contributed by atoms with van der Waals surface area (Å²) in [6, 6.07) is 9.98. The molecule has 0 bridgehead atoms. The van der Waals surface area contributed by atoms with Gasteiger partial charge in [-0.2, -0.15) is 0 Å². The second-order valence-electron chi connectivity index (χ2n) is 4.39. The molecule has 2 rings (SSSR count). The third-order valence-electron chi connectivity index (χ3n) is 2.93. The van der Waals surface area contributed by atoms with Crippen molar-refractivity contribution in [2.45, 2.75) is 18.7 Å². The molecule has 0 aliphatic heterocycles. The summed E-state index contributed by atoms with van der Waals surface area (Å²) in [6.45, 7) is 3.58. The Bertz CT molecular complexity index is 620. The standard InChI is InChI=1S/C15H14FNOS/c1-9-6-7-11(19)8-12(9)15(18)17-14-10(2)4-3-5-13(14)16/h3-8,19H,1-2H3,(H,17,18). The maximum Gasteiger partial charge on any atom is 0.256 e. The first kappa shape index (κ1) is 13.6. The number of benzene rings is 2. The van der Waals surface area contributed by atoms with E-state index >= 15 is 0 Å². The number of halogens is 1. The van der Waals surface area contributed by atoms with E-state index in [9.17, 15) is 9.18 Å². The summed E-state index contributed by atoms with van der Waals surface area (Å²) in [7, 11) is 0. The van der Waals surface area contributed by atoms with Crippen LogP contribution in [0.4, 0.5) is 10.1 Å². The normalized spacial score (nSPS) is 10.3. The van der Waals surface area contributed by atoms with Crippen molar-refractivity contribution in [1.29, 1.82) is 0 Å². The second kappa shape index (κ2) is 5.45. The second-order valence-corrected chi connectivity index (χ2v) is 4.90. The number of nitrogens with one attached hydrogen (secondary N) is 1. The fourth-order valence-corrected chi connectivity index (χ4v) is 2.03. The molecule has 2 nitrogen and oxygen atoms in total. The summed E-state index contributed by atoms with van der Waals surface area (Å²) in [5.74, 6) is -0.769. The number of hydrogen-bond donors (Lipinski definition) is 2. The highest BCUT2D eigenvalue weighted by Crippen LogP contribution is 2.21. The third-order valence-corrected chi connectivity index (χ3v) is 3.20. The first-order valence-corrected chi connectivity index (χ1v) is 6.30. The van der Waals surface area contributed by atoms with Gasteiger partial charge >= 0.3 is 0 Å². The molecule has 0 atom stereocenters. The molecule has 0 heterocycles. The number of aryl methyl sites for hydroxylation is 2. The monoisotopic (exact) mass is 275 g/mol. The zero-order valence-corrected chi connectivity index (χ0v) is 11.6. The number of carbonyl (C=O) groups is 1. The largest absolute Gasteiger partial charge is 0.319 e. The van der Waals surface area contributed by atoms with Crippen LogP contribution in [0.5, 0.6) is 0 Å². The highest BCUT2D eigenvalue weighted by Gasteiger charge is 2.13. The molecule has 0 spiro atoms. The maximum absolute atomic E-state index is 13.7. The number of para-hydroxylation sites is 1. The molecule has 0 aromatic heterocycles. The maximum atomic E-state index is 13.7. The zero-order valence-electron chi connectivity index (χ0n) is 10.7. The van der Waals surface area contributed by atoms with E-state index in [2.05, 4.69) is 17.9 Å². The lowest BCUT2D eigenvalue weighted by atomic mass is 10.1.